The molecule has 0 fully saturated rings. The number of benzene rings is 1. The average Bonchev–Trinajstić information content (AvgIpc) is 2.87. The molecule has 152 valence electrons. The van der Waals surface area contributed by atoms with E-state index in [1.165, 1.54) is 0 Å². The molecule has 0 aromatic heterocycles. The zero-order valence-electron chi connectivity index (χ0n) is 16.7. The van der Waals surface area contributed by atoms with Crippen LogP contribution >= 0.6 is 0 Å². The number of carbonyl (C=O) groups is 2. The monoisotopic (exact) mass is 391 g/mol. The van der Waals surface area contributed by atoms with Gasteiger partial charge < -0.3 is 28.8 Å². The molecule has 1 aromatic carbocycles. The van der Waals surface area contributed by atoms with E-state index in [0.717, 1.165) is 11.0 Å². The van der Waals surface area contributed by atoms with Gasteiger partial charge in [-0.15, -0.1) is 0 Å². The van der Waals surface area contributed by atoms with E-state index < -0.39 is 31.0 Å². The molecule has 2 atom stereocenters. The average molecular weight is 391 g/mol. The van der Waals surface area contributed by atoms with Crippen molar-refractivity contribution in [2.24, 2.45) is 0 Å². The first kappa shape index (κ1) is 20.5. The van der Waals surface area contributed by atoms with E-state index in [2.05, 4.69) is 5.32 Å². The molecule has 1 aromatic rings. The zero-order valence-corrected chi connectivity index (χ0v) is 16.7. The highest BCUT2D eigenvalue weighted by Gasteiger charge is 2.43. The van der Waals surface area contributed by atoms with Gasteiger partial charge >= 0.3 is 19.2 Å². The van der Waals surface area contributed by atoms with Gasteiger partial charge in [0.1, 0.15) is 30.7 Å². The highest BCUT2D eigenvalue weighted by molar-refractivity contribution is 6.64. The van der Waals surface area contributed by atoms with Gasteiger partial charge in [0, 0.05) is 18.4 Å². The van der Waals surface area contributed by atoms with E-state index in [4.69, 9.17) is 23.5 Å². The predicted molar refractivity (Wildman–Crippen MR) is 102 cm³/mol. The van der Waals surface area contributed by atoms with E-state index in [0.29, 0.717) is 12.2 Å². The summed E-state index contributed by atoms with van der Waals surface area (Å²) in [5.41, 5.74) is 1.13. The third-order valence-electron chi connectivity index (χ3n) is 4.26. The van der Waals surface area contributed by atoms with Crippen LogP contribution in [0.2, 0.25) is 0 Å². The van der Waals surface area contributed by atoms with E-state index in [-0.39, 0.29) is 25.7 Å². The van der Waals surface area contributed by atoms with Crippen LogP contribution in [0.5, 0.6) is 5.75 Å². The maximum absolute atomic E-state index is 11.9. The summed E-state index contributed by atoms with van der Waals surface area (Å²) in [4.78, 5) is 23.4. The van der Waals surface area contributed by atoms with Gasteiger partial charge in [0.2, 0.25) is 0 Å². The molecule has 28 heavy (non-hydrogen) atoms. The molecule has 3 rings (SSSR count). The van der Waals surface area contributed by atoms with Crippen molar-refractivity contribution in [3.63, 3.8) is 0 Å². The summed E-state index contributed by atoms with van der Waals surface area (Å²) in [6, 6.07) is 5.64. The van der Waals surface area contributed by atoms with Gasteiger partial charge in [0.15, 0.2) is 0 Å². The Morgan fingerprint density at radius 2 is 2.07 bits per heavy atom. The molecule has 0 saturated carbocycles. The van der Waals surface area contributed by atoms with E-state index in [1.54, 1.807) is 27.7 Å². The van der Waals surface area contributed by atoms with Crippen LogP contribution in [0.25, 0.3) is 0 Å². The summed E-state index contributed by atoms with van der Waals surface area (Å²) in [5, 5.41) is 2.73. The van der Waals surface area contributed by atoms with Gasteiger partial charge in [-0.3, -0.25) is 4.79 Å². The fraction of sp³-hybridized carbons (Fsp3) is 0.579. The maximum Gasteiger partial charge on any atom is 0.499 e. The predicted octanol–water partition coefficient (Wildman–Crippen LogP) is 1.71. The molecule has 1 amide bonds. The van der Waals surface area contributed by atoms with Gasteiger partial charge in [0.25, 0.3) is 0 Å². The summed E-state index contributed by atoms with van der Waals surface area (Å²) >= 11 is 0. The Bertz CT molecular complexity index is 733. The van der Waals surface area contributed by atoms with Crippen LogP contribution in [0, 0.1) is 0 Å². The van der Waals surface area contributed by atoms with Crippen molar-refractivity contribution in [1.82, 2.24) is 5.32 Å². The van der Waals surface area contributed by atoms with Crippen molar-refractivity contribution >= 4 is 24.6 Å². The van der Waals surface area contributed by atoms with Crippen LogP contribution in [-0.4, -0.2) is 50.6 Å². The molecule has 0 bridgehead atoms. The van der Waals surface area contributed by atoms with Crippen LogP contribution in [0.1, 0.15) is 45.8 Å². The number of esters is 1. The van der Waals surface area contributed by atoms with Gasteiger partial charge in [-0.2, -0.15) is 0 Å². The molecule has 2 aliphatic heterocycles. The molecule has 0 aliphatic carbocycles. The molecular formula is C19H26BNO7. The molecular weight excluding hydrogens is 365 g/mol. The number of amides is 1. The Labute approximate surface area is 164 Å². The molecule has 0 spiro atoms. The van der Waals surface area contributed by atoms with Crippen molar-refractivity contribution in [2.45, 2.75) is 51.9 Å². The quantitative estimate of drug-likeness (QED) is 0.604. The first-order chi connectivity index (χ1) is 13.3. The Morgan fingerprint density at radius 3 is 2.79 bits per heavy atom. The summed E-state index contributed by atoms with van der Waals surface area (Å²) in [7, 11) is -0.649. The maximum atomic E-state index is 11.9. The third kappa shape index (κ3) is 4.96. The summed E-state index contributed by atoms with van der Waals surface area (Å²) in [6.07, 6.45) is -1.05. The second kappa shape index (κ2) is 8.40. The lowest BCUT2D eigenvalue weighted by Crippen LogP contribution is -2.38. The molecule has 2 aliphatic rings. The van der Waals surface area contributed by atoms with E-state index in [1.807, 2.05) is 18.2 Å². The lowest BCUT2D eigenvalue weighted by Gasteiger charge is -2.22. The SMILES string of the molecule is CCC(=O)OC[C@@H]1COc2cccc3c2B(OC3CNC(=O)OC(C)(C)C)O1. The van der Waals surface area contributed by atoms with Crippen molar-refractivity contribution in [3.8, 4) is 5.75 Å². The lowest BCUT2D eigenvalue weighted by atomic mass is 9.77. The summed E-state index contributed by atoms with van der Waals surface area (Å²) < 4.78 is 28.3. The smallest absolute Gasteiger partial charge is 0.491 e. The number of rotatable bonds is 5. The van der Waals surface area contributed by atoms with Gasteiger partial charge in [-0.25, -0.2) is 4.79 Å². The molecule has 1 unspecified atom stereocenters. The van der Waals surface area contributed by atoms with Crippen molar-refractivity contribution in [2.75, 3.05) is 19.8 Å². The van der Waals surface area contributed by atoms with Crippen molar-refractivity contribution < 1.29 is 33.1 Å². The van der Waals surface area contributed by atoms with Gasteiger partial charge in [0.05, 0.1) is 6.10 Å². The van der Waals surface area contributed by atoms with Crippen LogP contribution in [-0.2, 0) is 23.6 Å². The Morgan fingerprint density at radius 1 is 1.29 bits per heavy atom. The van der Waals surface area contributed by atoms with Gasteiger partial charge in [-0.05, 0) is 32.4 Å². The number of ether oxygens (including phenoxy) is 3. The Balaban J connectivity index is 1.66. The third-order valence-corrected chi connectivity index (χ3v) is 4.26. The largest absolute Gasteiger partial charge is 0.499 e. The fourth-order valence-electron chi connectivity index (χ4n) is 3.03. The Hall–Kier alpha value is -2.26. The van der Waals surface area contributed by atoms with Crippen LogP contribution in [0.15, 0.2) is 18.2 Å². The zero-order chi connectivity index (χ0) is 20.3. The number of carbonyl (C=O) groups excluding carboxylic acids is 2. The minimum absolute atomic E-state index is 0.0939. The highest BCUT2D eigenvalue weighted by atomic mass is 16.6. The summed E-state index contributed by atoms with van der Waals surface area (Å²) in [5.74, 6) is 0.379. The number of nitrogens with one attached hydrogen (secondary N) is 1. The lowest BCUT2D eigenvalue weighted by molar-refractivity contribution is -0.146. The molecule has 8 nitrogen and oxygen atoms in total. The number of alkyl carbamates (subject to hydrolysis) is 1. The Kier molecular flexibility index (Phi) is 6.15. The molecule has 0 radical (unpaired) electrons. The number of hydrogen-bond acceptors (Lipinski definition) is 7. The molecule has 2 heterocycles. The minimum atomic E-state index is -0.649. The van der Waals surface area contributed by atoms with Gasteiger partial charge in [-0.1, -0.05) is 19.1 Å². The van der Waals surface area contributed by atoms with Crippen LogP contribution < -0.4 is 15.5 Å². The second-order valence-electron chi connectivity index (χ2n) is 7.70. The second-order valence-corrected chi connectivity index (χ2v) is 7.70. The fourth-order valence-corrected chi connectivity index (χ4v) is 3.03. The van der Waals surface area contributed by atoms with E-state index in [9.17, 15) is 9.59 Å². The van der Waals surface area contributed by atoms with Crippen molar-refractivity contribution in [1.29, 1.82) is 0 Å². The molecule has 9 heteroatoms. The molecule has 0 saturated heterocycles. The van der Waals surface area contributed by atoms with Crippen LogP contribution in [0.4, 0.5) is 4.79 Å². The van der Waals surface area contributed by atoms with Crippen molar-refractivity contribution in [3.05, 3.63) is 23.8 Å². The standard InChI is InChI=1S/C19H26BNO7/c1-5-16(22)25-11-12-10-24-14-8-6-7-13-15(28-20(27-12)17(13)14)9-21-18(23)26-19(2,3)4/h6-8,12,15H,5,9-11H2,1-4H3,(H,21,23)/t12-,15?/m0/s1. The number of hydrogen-bond donors (Lipinski definition) is 1. The van der Waals surface area contributed by atoms with E-state index >= 15 is 0 Å². The van der Waals surface area contributed by atoms with Crippen LogP contribution in [0.3, 0.4) is 0 Å². The summed E-state index contributed by atoms with van der Waals surface area (Å²) in [6.45, 7) is 7.74. The first-order valence-electron chi connectivity index (χ1n) is 9.46. The molecule has 1 N–H and O–H groups in total. The normalized spacial score (nSPS) is 20.6. The minimum Gasteiger partial charge on any atom is -0.491 e. The first-order valence-corrected chi connectivity index (χ1v) is 9.46. The topological polar surface area (TPSA) is 92.3 Å². The highest BCUT2D eigenvalue weighted by Crippen LogP contribution is 2.30.